The van der Waals surface area contributed by atoms with Crippen molar-refractivity contribution in [3.63, 3.8) is 0 Å². The first-order valence-corrected chi connectivity index (χ1v) is 7.17. The zero-order valence-corrected chi connectivity index (χ0v) is 10.7. The third-order valence-corrected chi connectivity index (χ3v) is 5.21. The molecule has 2 heterocycles. The van der Waals surface area contributed by atoms with Crippen LogP contribution in [0.2, 0.25) is 0 Å². The Bertz CT molecular complexity index is 501. The van der Waals surface area contributed by atoms with Crippen LogP contribution in [0.4, 0.5) is 0 Å². The third-order valence-electron chi connectivity index (χ3n) is 3.12. The Morgan fingerprint density at radius 2 is 2.35 bits per heavy atom. The van der Waals surface area contributed by atoms with Crippen LogP contribution in [0.15, 0.2) is 23.2 Å². The highest BCUT2D eigenvalue weighted by Gasteiger charge is 2.33. The molecule has 94 valence electrons. The molecule has 17 heavy (non-hydrogen) atoms. The zero-order valence-electron chi connectivity index (χ0n) is 9.83. The maximum atomic E-state index is 12.5. The molecule has 1 aromatic heterocycles. The number of nitrogens with two attached hydrogens (primary N) is 1. The van der Waals surface area contributed by atoms with Crippen molar-refractivity contribution in [2.75, 3.05) is 6.54 Å². The summed E-state index contributed by atoms with van der Waals surface area (Å²) in [5.74, 6) is 0. The Kier molecular flexibility index (Phi) is 3.46. The molecule has 0 spiro atoms. The normalized spacial score (nSPS) is 21.9. The molecule has 2 rings (SSSR count). The minimum atomic E-state index is -3.44. The number of hydrogen-bond acceptors (Lipinski definition) is 4. The van der Waals surface area contributed by atoms with Gasteiger partial charge in [0.15, 0.2) is 0 Å². The highest BCUT2D eigenvalue weighted by Crippen LogP contribution is 2.26. The van der Waals surface area contributed by atoms with Crippen LogP contribution in [-0.4, -0.2) is 30.3 Å². The summed E-state index contributed by atoms with van der Waals surface area (Å²) in [4.78, 5) is 4.28. The molecule has 1 unspecified atom stereocenters. The van der Waals surface area contributed by atoms with Crippen molar-refractivity contribution in [3.8, 4) is 0 Å². The summed E-state index contributed by atoms with van der Waals surface area (Å²) in [6.07, 6.45) is 3.39. The lowest BCUT2D eigenvalue weighted by molar-refractivity contribution is 0.407. The molecule has 5 nitrogen and oxygen atoms in total. The van der Waals surface area contributed by atoms with Crippen LogP contribution in [-0.2, 0) is 16.6 Å². The van der Waals surface area contributed by atoms with Crippen molar-refractivity contribution >= 4 is 10.0 Å². The van der Waals surface area contributed by atoms with E-state index < -0.39 is 10.0 Å². The molecule has 0 aromatic carbocycles. The van der Waals surface area contributed by atoms with Gasteiger partial charge >= 0.3 is 0 Å². The van der Waals surface area contributed by atoms with Crippen LogP contribution < -0.4 is 5.73 Å². The molecule has 1 fully saturated rings. The molecule has 0 saturated carbocycles. The van der Waals surface area contributed by atoms with Crippen molar-refractivity contribution < 1.29 is 8.42 Å². The molecule has 0 radical (unpaired) electrons. The average molecular weight is 255 g/mol. The Morgan fingerprint density at radius 1 is 1.59 bits per heavy atom. The number of nitrogens with zero attached hydrogens (tertiary/aromatic N) is 2. The van der Waals surface area contributed by atoms with E-state index in [0.717, 1.165) is 12.8 Å². The fraction of sp³-hybridized carbons (Fsp3) is 0.545. The number of aromatic nitrogens is 1. The standard InChI is InChI=1S/C11H17N3O2S/c1-9-4-3-7-14(9)17(15,16)11-5-2-6-13-10(11)8-12/h2,5-6,9H,3-4,7-8,12H2,1H3. The third kappa shape index (κ3) is 2.20. The van der Waals surface area contributed by atoms with Crippen molar-refractivity contribution in [3.05, 3.63) is 24.0 Å². The predicted octanol–water partition coefficient (Wildman–Crippen LogP) is 0.713. The SMILES string of the molecule is CC1CCCN1S(=O)(=O)c1cccnc1CN. The Morgan fingerprint density at radius 3 is 2.94 bits per heavy atom. The van der Waals surface area contributed by atoms with Crippen LogP contribution >= 0.6 is 0 Å². The zero-order chi connectivity index (χ0) is 12.5. The summed E-state index contributed by atoms with van der Waals surface area (Å²) < 4.78 is 26.5. The van der Waals surface area contributed by atoms with Gasteiger partial charge in [-0.3, -0.25) is 4.98 Å². The van der Waals surface area contributed by atoms with Gasteiger partial charge in [-0.1, -0.05) is 0 Å². The van der Waals surface area contributed by atoms with Crippen LogP contribution in [0.5, 0.6) is 0 Å². The van der Waals surface area contributed by atoms with E-state index in [1.165, 1.54) is 0 Å². The minimum absolute atomic E-state index is 0.0610. The Labute approximate surface area is 102 Å². The lowest BCUT2D eigenvalue weighted by atomic mass is 10.3. The molecule has 1 aliphatic rings. The van der Waals surface area contributed by atoms with Gasteiger partial charge in [-0.05, 0) is 31.9 Å². The number of sulfonamides is 1. The van der Waals surface area contributed by atoms with E-state index in [-0.39, 0.29) is 17.5 Å². The first-order valence-electron chi connectivity index (χ1n) is 5.73. The van der Waals surface area contributed by atoms with Gasteiger partial charge in [0.25, 0.3) is 0 Å². The molecular formula is C11H17N3O2S. The van der Waals surface area contributed by atoms with Gasteiger partial charge in [-0.25, -0.2) is 8.42 Å². The second-order valence-electron chi connectivity index (χ2n) is 4.26. The van der Waals surface area contributed by atoms with Gasteiger partial charge in [0.2, 0.25) is 10.0 Å². The predicted molar refractivity (Wildman–Crippen MR) is 64.7 cm³/mol. The van der Waals surface area contributed by atoms with E-state index in [2.05, 4.69) is 4.98 Å². The molecule has 6 heteroatoms. The molecule has 0 bridgehead atoms. The average Bonchev–Trinajstić information content (AvgIpc) is 2.76. The number of hydrogen-bond donors (Lipinski definition) is 1. The van der Waals surface area contributed by atoms with Crippen LogP contribution in [0.1, 0.15) is 25.5 Å². The minimum Gasteiger partial charge on any atom is -0.325 e. The van der Waals surface area contributed by atoms with E-state index in [1.807, 2.05) is 6.92 Å². The highest BCUT2D eigenvalue weighted by molar-refractivity contribution is 7.89. The highest BCUT2D eigenvalue weighted by atomic mass is 32.2. The summed E-state index contributed by atoms with van der Waals surface area (Å²) in [6.45, 7) is 2.66. The van der Waals surface area contributed by atoms with Crippen molar-refractivity contribution in [1.29, 1.82) is 0 Å². The fourth-order valence-corrected chi connectivity index (χ4v) is 4.09. The molecule has 0 aliphatic carbocycles. The number of pyridine rings is 1. The summed E-state index contributed by atoms with van der Waals surface area (Å²) in [5.41, 5.74) is 5.97. The quantitative estimate of drug-likeness (QED) is 0.863. The van der Waals surface area contributed by atoms with Crippen molar-refractivity contribution in [1.82, 2.24) is 9.29 Å². The van der Waals surface area contributed by atoms with Crippen molar-refractivity contribution in [2.45, 2.75) is 37.2 Å². The van der Waals surface area contributed by atoms with Gasteiger partial charge < -0.3 is 5.73 Å². The second-order valence-corrected chi connectivity index (χ2v) is 6.12. The summed E-state index contributed by atoms with van der Waals surface area (Å²) in [6, 6.07) is 3.27. The molecule has 0 amide bonds. The summed E-state index contributed by atoms with van der Waals surface area (Å²) >= 11 is 0. The van der Waals surface area contributed by atoms with E-state index in [9.17, 15) is 8.42 Å². The smallest absolute Gasteiger partial charge is 0.245 e. The van der Waals surface area contributed by atoms with E-state index in [1.54, 1.807) is 22.6 Å². The van der Waals surface area contributed by atoms with Gasteiger partial charge in [0, 0.05) is 25.3 Å². The summed E-state index contributed by atoms with van der Waals surface area (Å²) in [7, 11) is -3.44. The van der Waals surface area contributed by atoms with Crippen molar-refractivity contribution in [2.24, 2.45) is 5.73 Å². The number of rotatable bonds is 3. The maximum absolute atomic E-state index is 12.5. The second kappa shape index (κ2) is 4.72. The lowest BCUT2D eigenvalue weighted by Crippen LogP contribution is -2.34. The van der Waals surface area contributed by atoms with E-state index in [0.29, 0.717) is 12.2 Å². The van der Waals surface area contributed by atoms with Gasteiger partial charge in [0.05, 0.1) is 5.69 Å². The Hall–Kier alpha value is -0.980. The molecule has 1 aromatic rings. The van der Waals surface area contributed by atoms with Gasteiger partial charge in [0.1, 0.15) is 4.90 Å². The van der Waals surface area contributed by atoms with Crippen LogP contribution in [0, 0.1) is 0 Å². The molecular weight excluding hydrogens is 238 g/mol. The molecule has 1 saturated heterocycles. The van der Waals surface area contributed by atoms with Crippen LogP contribution in [0.3, 0.4) is 0 Å². The topological polar surface area (TPSA) is 76.3 Å². The molecule has 1 aliphatic heterocycles. The maximum Gasteiger partial charge on any atom is 0.245 e. The fourth-order valence-electron chi connectivity index (χ4n) is 2.20. The van der Waals surface area contributed by atoms with E-state index in [4.69, 9.17) is 5.73 Å². The first kappa shape index (κ1) is 12.5. The molecule has 2 N–H and O–H groups in total. The van der Waals surface area contributed by atoms with Gasteiger partial charge in [-0.2, -0.15) is 4.31 Å². The molecule has 1 atom stereocenters. The summed E-state index contributed by atoms with van der Waals surface area (Å²) in [5, 5.41) is 0. The first-order chi connectivity index (χ1) is 8.07. The largest absolute Gasteiger partial charge is 0.325 e. The Balaban J connectivity index is 2.44. The lowest BCUT2D eigenvalue weighted by Gasteiger charge is -2.21. The van der Waals surface area contributed by atoms with Gasteiger partial charge in [-0.15, -0.1) is 0 Å². The van der Waals surface area contributed by atoms with Crippen LogP contribution in [0.25, 0.3) is 0 Å². The monoisotopic (exact) mass is 255 g/mol. The van der Waals surface area contributed by atoms with E-state index >= 15 is 0 Å².